The maximum absolute atomic E-state index is 6.89. The van der Waals surface area contributed by atoms with Crippen LogP contribution in [0.4, 0.5) is 0 Å². The summed E-state index contributed by atoms with van der Waals surface area (Å²) in [4.78, 5) is 7.56. The monoisotopic (exact) mass is 445 g/mol. The van der Waals surface area contributed by atoms with Gasteiger partial charge in [0.25, 0.3) is 6.33 Å². The molecule has 1 aliphatic heterocycles. The molecule has 0 spiro atoms. The van der Waals surface area contributed by atoms with E-state index in [0.29, 0.717) is 5.41 Å². The lowest BCUT2D eigenvalue weighted by Crippen LogP contribution is -2.48. The number of hydrogen-bond donors (Lipinski definition) is 0. The number of ether oxygens (including phenoxy) is 1. The minimum atomic E-state index is 0.324. The Morgan fingerprint density at radius 1 is 1.13 bits per heavy atom. The van der Waals surface area contributed by atoms with Crippen LogP contribution in [0.2, 0.25) is 0 Å². The van der Waals surface area contributed by atoms with Crippen LogP contribution in [-0.4, -0.2) is 4.98 Å². The van der Waals surface area contributed by atoms with Crippen molar-refractivity contribution in [3.63, 3.8) is 0 Å². The van der Waals surface area contributed by atoms with Crippen molar-refractivity contribution >= 4 is 43.0 Å². The van der Waals surface area contributed by atoms with E-state index in [2.05, 4.69) is 36.1 Å². The summed E-state index contributed by atoms with van der Waals surface area (Å²) >= 11 is 3.75. The van der Waals surface area contributed by atoms with Crippen molar-refractivity contribution in [2.45, 2.75) is 50.9 Å². The van der Waals surface area contributed by atoms with E-state index in [9.17, 15) is 0 Å². The van der Waals surface area contributed by atoms with Gasteiger partial charge in [-0.1, -0.05) is 11.3 Å². The normalized spacial score (nSPS) is 30.2. The number of fused-ring (bicyclic) bond motifs is 3. The first kappa shape index (κ1) is 17.6. The van der Waals surface area contributed by atoms with Crippen molar-refractivity contribution in [3.05, 3.63) is 34.3 Å². The summed E-state index contributed by atoms with van der Waals surface area (Å²) in [5.74, 6) is 4.96. The highest BCUT2D eigenvalue weighted by Crippen LogP contribution is 2.65. The molecular weight excluding hydrogens is 420 g/mol. The topological polar surface area (TPSA) is 26.0 Å². The van der Waals surface area contributed by atoms with Gasteiger partial charge >= 0.3 is 0 Å². The molecule has 4 fully saturated rings. The molecule has 0 unspecified atom stereocenters. The Morgan fingerprint density at radius 2 is 1.87 bits per heavy atom. The molecule has 4 aromatic rings. The average Bonchev–Trinajstić information content (AvgIpc) is 3.35. The highest BCUT2D eigenvalue weighted by Gasteiger charge is 2.54. The maximum Gasteiger partial charge on any atom is 0.288 e. The van der Waals surface area contributed by atoms with Gasteiger partial charge in [0.2, 0.25) is 4.83 Å². The minimum absolute atomic E-state index is 0.324. The largest absolute Gasteiger partial charge is 0.454 e. The Balaban J connectivity index is 1.43. The van der Waals surface area contributed by atoms with Crippen molar-refractivity contribution in [2.75, 3.05) is 0 Å². The zero-order valence-electron chi connectivity index (χ0n) is 17.9. The molecule has 4 saturated carbocycles. The molecule has 9 rings (SSSR count). The molecular formula is C26H25N2OS2+. The first-order valence-corrected chi connectivity index (χ1v) is 13.3. The first-order chi connectivity index (χ1) is 15.1. The lowest BCUT2D eigenvalue weighted by Gasteiger charge is -2.56. The second-order valence-corrected chi connectivity index (χ2v) is 12.6. The van der Waals surface area contributed by atoms with E-state index in [1.807, 2.05) is 29.0 Å². The summed E-state index contributed by atoms with van der Waals surface area (Å²) in [6.45, 7) is 2.25. The number of nitrogens with zero attached hydrogens (tertiary/aromatic N) is 2. The molecule has 4 aliphatic carbocycles. The highest BCUT2D eigenvalue weighted by molar-refractivity contribution is 7.19. The number of benzene rings is 1. The number of aryl methyl sites for hydroxylation is 2. The number of aromatic nitrogens is 2. The van der Waals surface area contributed by atoms with Gasteiger partial charge in [0.15, 0.2) is 11.4 Å². The van der Waals surface area contributed by atoms with Crippen molar-refractivity contribution in [2.24, 2.45) is 24.8 Å². The lowest BCUT2D eigenvalue weighted by molar-refractivity contribution is -0.662. The standard InChI is InChI=1S/C26H25N2OS2/c1-13-17-3-4-30-19(17)8-18-20(13)22-21-23(29-18)24(31-25(21)27-12-28(22)2)26-9-14-5-15(10-26)7-16(6-14)11-26/h3-4,8,12,14-16H,5-7,9-11H2,1-2H3/q+1. The van der Waals surface area contributed by atoms with Gasteiger partial charge in [-0.2, -0.15) is 0 Å². The molecule has 0 atom stereocenters. The van der Waals surface area contributed by atoms with Gasteiger partial charge in [-0.05, 0) is 96.6 Å². The quantitative estimate of drug-likeness (QED) is 0.263. The van der Waals surface area contributed by atoms with Crippen molar-refractivity contribution in [1.82, 2.24) is 4.98 Å². The summed E-state index contributed by atoms with van der Waals surface area (Å²) in [7, 11) is 2.14. The fourth-order valence-corrected chi connectivity index (χ4v) is 10.1. The van der Waals surface area contributed by atoms with E-state index in [0.717, 1.165) is 34.1 Å². The van der Waals surface area contributed by atoms with Crippen molar-refractivity contribution in [3.8, 4) is 22.8 Å². The van der Waals surface area contributed by atoms with E-state index in [1.54, 1.807) is 0 Å². The van der Waals surface area contributed by atoms with E-state index in [4.69, 9.17) is 9.72 Å². The van der Waals surface area contributed by atoms with Crippen LogP contribution >= 0.6 is 22.7 Å². The summed E-state index contributed by atoms with van der Waals surface area (Å²) in [5.41, 5.74) is 4.19. The van der Waals surface area contributed by atoms with E-state index >= 15 is 0 Å². The molecule has 5 aliphatic rings. The van der Waals surface area contributed by atoms with Gasteiger partial charge in [-0.3, -0.25) is 0 Å². The second kappa shape index (κ2) is 5.68. The Labute approximate surface area is 189 Å². The summed E-state index contributed by atoms with van der Waals surface area (Å²) < 4.78 is 10.4. The zero-order valence-corrected chi connectivity index (χ0v) is 19.5. The van der Waals surface area contributed by atoms with Gasteiger partial charge in [-0.25, -0.2) is 4.57 Å². The maximum atomic E-state index is 6.89. The van der Waals surface area contributed by atoms with Crippen LogP contribution in [0.5, 0.6) is 11.5 Å². The third kappa shape index (κ3) is 2.15. The van der Waals surface area contributed by atoms with Crippen LogP contribution in [0.25, 0.3) is 31.6 Å². The third-order valence-corrected chi connectivity index (χ3v) is 10.9. The SMILES string of the molecule is Cc1c2c(cc3sccc13)Oc1c(C34CC5CC(CC(C5)C3)C4)sc3nc[n+](C)c-2c13. The Hall–Kier alpha value is -1.98. The summed E-state index contributed by atoms with van der Waals surface area (Å²) in [6, 6.07) is 4.52. The summed E-state index contributed by atoms with van der Waals surface area (Å²) in [5, 5.41) is 4.80. The third-order valence-electron chi connectivity index (χ3n) is 8.74. The average molecular weight is 446 g/mol. The molecule has 1 aromatic carbocycles. The molecule has 0 radical (unpaired) electrons. The van der Waals surface area contributed by atoms with Crippen LogP contribution in [0.15, 0.2) is 23.8 Å². The molecule has 156 valence electrons. The zero-order chi connectivity index (χ0) is 20.5. The van der Waals surface area contributed by atoms with E-state index in [1.165, 1.54) is 75.7 Å². The van der Waals surface area contributed by atoms with Crippen molar-refractivity contribution < 1.29 is 9.30 Å². The van der Waals surface area contributed by atoms with Gasteiger partial charge in [0, 0.05) is 10.1 Å². The van der Waals surface area contributed by atoms with Crippen molar-refractivity contribution in [1.29, 1.82) is 0 Å². The molecule has 0 N–H and O–H groups in total. The molecule has 3 aromatic heterocycles. The van der Waals surface area contributed by atoms with Gasteiger partial charge in [0.05, 0.1) is 17.5 Å². The fourth-order valence-electron chi connectivity index (χ4n) is 7.95. The molecule has 4 heterocycles. The second-order valence-electron chi connectivity index (χ2n) is 10.7. The minimum Gasteiger partial charge on any atom is -0.454 e. The van der Waals surface area contributed by atoms with Crippen LogP contribution in [0.1, 0.15) is 49.0 Å². The van der Waals surface area contributed by atoms with Gasteiger partial charge in [0.1, 0.15) is 11.1 Å². The van der Waals surface area contributed by atoms with Crippen LogP contribution in [-0.2, 0) is 12.5 Å². The van der Waals surface area contributed by atoms with Crippen LogP contribution in [0, 0.1) is 24.7 Å². The summed E-state index contributed by atoms with van der Waals surface area (Å²) in [6.07, 6.45) is 10.5. The Morgan fingerprint density at radius 3 is 2.61 bits per heavy atom. The fraction of sp³-hybridized carbons (Fsp3) is 0.462. The molecule has 0 amide bonds. The number of thiophene rings is 2. The smallest absolute Gasteiger partial charge is 0.288 e. The van der Waals surface area contributed by atoms with E-state index in [-0.39, 0.29) is 0 Å². The number of hydrogen-bond acceptors (Lipinski definition) is 4. The molecule has 0 saturated heterocycles. The molecule has 5 heteroatoms. The van der Waals surface area contributed by atoms with Gasteiger partial charge < -0.3 is 4.74 Å². The first-order valence-electron chi connectivity index (χ1n) is 11.6. The Kier molecular flexibility index (Phi) is 3.22. The molecule has 31 heavy (non-hydrogen) atoms. The predicted molar refractivity (Wildman–Crippen MR) is 126 cm³/mol. The van der Waals surface area contributed by atoms with Crippen LogP contribution < -0.4 is 9.30 Å². The van der Waals surface area contributed by atoms with Crippen LogP contribution in [0.3, 0.4) is 0 Å². The number of rotatable bonds is 1. The predicted octanol–water partition coefficient (Wildman–Crippen LogP) is 6.88. The molecule has 4 bridgehead atoms. The Bertz CT molecular complexity index is 1390. The van der Waals surface area contributed by atoms with E-state index < -0.39 is 0 Å². The molecule has 3 nitrogen and oxygen atoms in total. The van der Waals surface area contributed by atoms with Gasteiger partial charge in [-0.15, -0.1) is 11.3 Å². The highest BCUT2D eigenvalue weighted by atomic mass is 32.1. The lowest BCUT2D eigenvalue weighted by atomic mass is 9.49.